The van der Waals surface area contributed by atoms with Gasteiger partial charge in [0.2, 0.25) is 0 Å². The molecule has 0 amide bonds. The largest absolute Gasteiger partial charge is 0.504 e. The van der Waals surface area contributed by atoms with Gasteiger partial charge in [0.15, 0.2) is 11.5 Å². The van der Waals surface area contributed by atoms with Crippen molar-refractivity contribution in [3.8, 4) is 11.5 Å². The molecule has 1 fully saturated rings. The Morgan fingerprint density at radius 3 is 2.69 bits per heavy atom. The molecule has 0 aliphatic carbocycles. The van der Waals surface area contributed by atoms with Crippen molar-refractivity contribution in [1.29, 1.82) is 0 Å². The van der Waals surface area contributed by atoms with Crippen LogP contribution in [0.5, 0.6) is 11.5 Å². The van der Waals surface area contributed by atoms with E-state index in [1.165, 1.54) is 12.5 Å². The average Bonchev–Trinajstić information content (AvgIpc) is 2.62. The molecule has 1 heterocycles. The maximum Gasteiger partial charge on any atom is 0.157 e. The Bertz CT molecular complexity index is 306. The lowest BCUT2D eigenvalue weighted by Gasteiger charge is -2.10. The maximum absolute atomic E-state index is 9.28. The van der Waals surface area contributed by atoms with Crippen molar-refractivity contribution in [2.24, 2.45) is 0 Å². The summed E-state index contributed by atoms with van der Waals surface area (Å²) in [4.78, 5) is 0. The summed E-state index contributed by atoms with van der Waals surface area (Å²) in [7, 11) is 0. The Morgan fingerprint density at radius 2 is 2.08 bits per heavy atom. The third kappa shape index (κ3) is 1.60. The lowest BCUT2D eigenvalue weighted by Crippen LogP contribution is -2.12. The summed E-state index contributed by atoms with van der Waals surface area (Å²) in [6.07, 6.45) is 2.27. The van der Waals surface area contributed by atoms with Crippen molar-refractivity contribution in [2.75, 3.05) is 6.54 Å². The van der Waals surface area contributed by atoms with Crippen molar-refractivity contribution in [3.63, 3.8) is 0 Å². The highest BCUT2D eigenvalue weighted by atomic mass is 16.3. The third-order valence-corrected chi connectivity index (χ3v) is 2.46. The monoisotopic (exact) mass is 179 g/mol. The molecule has 0 bridgehead atoms. The molecule has 0 saturated carbocycles. The van der Waals surface area contributed by atoms with Crippen molar-refractivity contribution in [3.05, 3.63) is 23.8 Å². The molecule has 0 spiro atoms. The number of benzene rings is 1. The summed E-state index contributed by atoms with van der Waals surface area (Å²) in [6.45, 7) is 1.03. The fourth-order valence-corrected chi connectivity index (χ4v) is 1.73. The van der Waals surface area contributed by atoms with E-state index in [0.717, 1.165) is 18.5 Å². The van der Waals surface area contributed by atoms with Crippen LogP contribution in [0.1, 0.15) is 24.4 Å². The molecular weight excluding hydrogens is 166 g/mol. The van der Waals surface area contributed by atoms with Gasteiger partial charge >= 0.3 is 0 Å². The Labute approximate surface area is 77.0 Å². The number of hydrogen-bond donors (Lipinski definition) is 3. The second kappa shape index (κ2) is 3.26. The summed E-state index contributed by atoms with van der Waals surface area (Å²) in [6, 6.07) is 5.34. The Morgan fingerprint density at radius 1 is 1.23 bits per heavy atom. The van der Waals surface area contributed by atoms with Gasteiger partial charge in [0.25, 0.3) is 0 Å². The first kappa shape index (κ1) is 8.38. The van der Waals surface area contributed by atoms with Crippen LogP contribution in [-0.4, -0.2) is 16.8 Å². The van der Waals surface area contributed by atoms with Crippen molar-refractivity contribution in [2.45, 2.75) is 18.9 Å². The topological polar surface area (TPSA) is 52.5 Å². The van der Waals surface area contributed by atoms with E-state index < -0.39 is 0 Å². The summed E-state index contributed by atoms with van der Waals surface area (Å²) < 4.78 is 0. The quantitative estimate of drug-likeness (QED) is 0.573. The van der Waals surface area contributed by atoms with Gasteiger partial charge in [-0.25, -0.2) is 0 Å². The highest BCUT2D eigenvalue weighted by molar-refractivity contribution is 5.41. The number of hydrogen-bond acceptors (Lipinski definition) is 3. The first-order chi connectivity index (χ1) is 6.27. The van der Waals surface area contributed by atoms with Crippen LogP contribution < -0.4 is 5.32 Å². The molecular formula is C10H13NO2. The normalized spacial score (nSPS) is 22.0. The second-order valence-corrected chi connectivity index (χ2v) is 3.40. The van der Waals surface area contributed by atoms with E-state index in [1.807, 2.05) is 6.07 Å². The van der Waals surface area contributed by atoms with E-state index in [2.05, 4.69) is 5.32 Å². The van der Waals surface area contributed by atoms with Crippen LogP contribution in [0, 0.1) is 0 Å². The fraction of sp³-hybridized carbons (Fsp3) is 0.400. The van der Waals surface area contributed by atoms with E-state index in [9.17, 15) is 5.11 Å². The predicted molar refractivity (Wildman–Crippen MR) is 49.7 cm³/mol. The van der Waals surface area contributed by atoms with Crippen LogP contribution in [0.25, 0.3) is 0 Å². The molecule has 0 radical (unpaired) electrons. The number of aromatic hydroxyl groups is 2. The van der Waals surface area contributed by atoms with Gasteiger partial charge in [-0.1, -0.05) is 6.07 Å². The van der Waals surface area contributed by atoms with Crippen LogP contribution in [0.15, 0.2) is 18.2 Å². The van der Waals surface area contributed by atoms with Crippen LogP contribution in [0.2, 0.25) is 0 Å². The SMILES string of the molecule is Oc1ccc(C2CCCN2)cc1O. The minimum absolute atomic E-state index is 0.0359. The zero-order chi connectivity index (χ0) is 9.26. The Kier molecular flexibility index (Phi) is 2.10. The first-order valence-electron chi connectivity index (χ1n) is 4.52. The minimum atomic E-state index is -0.0539. The van der Waals surface area contributed by atoms with Gasteiger partial charge in [0.05, 0.1) is 0 Å². The Balaban J connectivity index is 2.25. The van der Waals surface area contributed by atoms with E-state index in [1.54, 1.807) is 6.07 Å². The Hall–Kier alpha value is -1.22. The molecule has 1 atom stereocenters. The highest BCUT2D eigenvalue weighted by Gasteiger charge is 2.16. The van der Waals surface area contributed by atoms with Gasteiger partial charge in [0.1, 0.15) is 0 Å². The van der Waals surface area contributed by atoms with Crippen molar-refractivity contribution in [1.82, 2.24) is 5.32 Å². The summed E-state index contributed by atoms with van der Waals surface area (Å²) in [5.74, 6) is -0.0899. The smallest absolute Gasteiger partial charge is 0.157 e. The highest BCUT2D eigenvalue weighted by Crippen LogP contribution is 2.30. The summed E-state index contributed by atoms with van der Waals surface area (Å²) >= 11 is 0. The molecule has 1 aromatic carbocycles. The van der Waals surface area contributed by atoms with Crippen LogP contribution in [-0.2, 0) is 0 Å². The molecule has 3 N–H and O–H groups in total. The van der Waals surface area contributed by atoms with Crippen LogP contribution in [0.3, 0.4) is 0 Å². The van der Waals surface area contributed by atoms with Crippen LogP contribution in [0.4, 0.5) is 0 Å². The van der Waals surface area contributed by atoms with E-state index in [0.29, 0.717) is 6.04 Å². The first-order valence-corrected chi connectivity index (χ1v) is 4.52. The van der Waals surface area contributed by atoms with Gasteiger partial charge < -0.3 is 15.5 Å². The third-order valence-electron chi connectivity index (χ3n) is 2.46. The number of phenols is 2. The molecule has 13 heavy (non-hydrogen) atoms. The molecule has 1 saturated heterocycles. The molecule has 3 nitrogen and oxygen atoms in total. The molecule has 0 aromatic heterocycles. The van der Waals surface area contributed by atoms with Gasteiger partial charge in [-0.3, -0.25) is 0 Å². The van der Waals surface area contributed by atoms with Crippen LogP contribution >= 0.6 is 0 Å². The zero-order valence-corrected chi connectivity index (χ0v) is 7.33. The molecule has 2 rings (SSSR count). The lowest BCUT2D eigenvalue weighted by molar-refractivity contribution is 0.402. The summed E-state index contributed by atoms with van der Waals surface area (Å²) in [5, 5.41) is 21.7. The maximum atomic E-state index is 9.28. The molecule has 1 aromatic rings. The van der Waals surface area contributed by atoms with Gasteiger partial charge in [-0.15, -0.1) is 0 Å². The predicted octanol–water partition coefficient (Wildman–Crippen LogP) is 1.52. The number of rotatable bonds is 1. The minimum Gasteiger partial charge on any atom is -0.504 e. The standard InChI is InChI=1S/C10H13NO2/c12-9-4-3-7(6-10(9)13)8-2-1-5-11-8/h3-4,6,8,11-13H,1-2,5H2. The lowest BCUT2D eigenvalue weighted by atomic mass is 10.1. The van der Waals surface area contributed by atoms with E-state index in [4.69, 9.17) is 5.11 Å². The van der Waals surface area contributed by atoms with Gasteiger partial charge in [-0.2, -0.15) is 0 Å². The molecule has 1 aliphatic rings. The molecule has 1 unspecified atom stereocenters. The molecule has 3 heteroatoms. The molecule has 70 valence electrons. The van der Waals surface area contributed by atoms with E-state index in [-0.39, 0.29) is 11.5 Å². The fourth-order valence-electron chi connectivity index (χ4n) is 1.73. The van der Waals surface area contributed by atoms with E-state index >= 15 is 0 Å². The van der Waals surface area contributed by atoms with Crippen molar-refractivity contribution >= 4 is 0 Å². The average molecular weight is 179 g/mol. The molecule has 1 aliphatic heterocycles. The summed E-state index contributed by atoms with van der Waals surface area (Å²) in [5.41, 5.74) is 1.05. The zero-order valence-electron chi connectivity index (χ0n) is 7.33. The van der Waals surface area contributed by atoms with Gasteiger partial charge in [-0.05, 0) is 37.1 Å². The van der Waals surface area contributed by atoms with Gasteiger partial charge in [0, 0.05) is 6.04 Å². The van der Waals surface area contributed by atoms with Crippen molar-refractivity contribution < 1.29 is 10.2 Å². The second-order valence-electron chi connectivity index (χ2n) is 3.40. The number of nitrogens with one attached hydrogen (secondary N) is 1. The number of phenolic OH excluding ortho intramolecular Hbond substituents is 2.